The summed E-state index contributed by atoms with van der Waals surface area (Å²) in [7, 11) is 0. The lowest BCUT2D eigenvalue weighted by atomic mass is 9.98. The van der Waals surface area contributed by atoms with Crippen molar-refractivity contribution in [2.75, 3.05) is 0 Å². The van der Waals surface area contributed by atoms with E-state index in [9.17, 15) is 5.11 Å². The average Bonchev–Trinajstić information content (AvgIpc) is 2.10. The average molecular weight is 308 g/mol. The third kappa shape index (κ3) is 2.47. The molecule has 0 saturated heterocycles. The smallest absolute Gasteiger partial charge is 0.133 e. The van der Waals surface area contributed by atoms with Crippen molar-refractivity contribution in [2.24, 2.45) is 0 Å². The SMILES string of the molecule is CCC(C)c1cc(Br)cc(Br)c1O. The lowest BCUT2D eigenvalue weighted by Crippen LogP contribution is -1.92. The van der Waals surface area contributed by atoms with Crippen molar-refractivity contribution in [3.8, 4) is 5.75 Å². The Labute approximate surface area is 95.4 Å². The maximum Gasteiger partial charge on any atom is 0.133 e. The van der Waals surface area contributed by atoms with E-state index in [1.165, 1.54) is 0 Å². The summed E-state index contributed by atoms with van der Waals surface area (Å²) < 4.78 is 1.74. The third-order valence-corrected chi connectivity index (χ3v) is 3.26. The van der Waals surface area contributed by atoms with Crippen LogP contribution in [0.5, 0.6) is 5.75 Å². The number of aromatic hydroxyl groups is 1. The summed E-state index contributed by atoms with van der Waals surface area (Å²) in [4.78, 5) is 0. The molecule has 72 valence electrons. The molecule has 0 aliphatic rings. The molecule has 0 radical (unpaired) electrons. The van der Waals surface area contributed by atoms with Crippen LogP contribution in [0, 0.1) is 0 Å². The van der Waals surface area contributed by atoms with Gasteiger partial charge < -0.3 is 5.11 Å². The first-order chi connectivity index (χ1) is 6.06. The van der Waals surface area contributed by atoms with E-state index in [4.69, 9.17) is 0 Å². The molecule has 13 heavy (non-hydrogen) atoms. The second-order valence-corrected chi connectivity index (χ2v) is 4.90. The number of phenolic OH excluding ortho intramolecular Hbond substituents is 1. The molecule has 0 aliphatic carbocycles. The molecule has 0 aromatic heterocycles. The maximum absolute atomic E-state index is 9.76. The van der Waals surface area contributed by atoms with Crippen LogP contribution in [-0.4, -0.2) is 5.11 Å². The predicted octanol–water partition coefficient (Wildman–Crippen LogP) is 4.43. The van der Waals surface area contributed by atoms with Crippen molar-refractivity contribution in [1.82, 2.24) is 0 Å². The highest BCUT2D eigenvalue weighted by atomic mass is 79.9. The quantitative estimate of drug-likeness (QED) is 0.857. The Morgan fingerprint density at radius 1 is 1.38 bits per heavy atom. The molecular formula is C10H12Br2O. The Hall–Kier alpha value is -0.0200. The van der Waals surface area contributed by atoms with Gasteiger partial charge in [0, 0.05) is 4.47 Å². The number of halogens is 2. The van der Waals surface area contributed by atoms with Crippen molar-refractivity contribution < 1.29 is 5.11 Å². The molecular weight excluding hydrogens is 296 g/mol. The topological polar surface area (TPSA) is 20.2 Å². The molecule has 3 heteroatoms. The fraction of sp³-hybridized carbons (Fsp3) is 0.400. The summed E-state index contributed by atoms with van der Waals surface area (Å²) in [6.45, 7) is 4.22. The van der Waals surface area contributed by atoms with Crippen molar-refractivity contribution in [1.29, 1.82) is 0 Å². The first-order valence-electron chi connectivity index (χ1n) is 4.24. The van der Waals surface area contributed by atoms with Gasteiger partial charge in [0.25, 0.3) is 0 Å². The lowest BCUT2D eigenvalue weighted by Gasteiger charge is -2.12. The normalized spacial score (nSPS) is 12.9. The van der Waals surface area contributed by atoms with E-state index in [1.807, 2.05) is 12.1 Å². The standard InChI is InChI=1S/C10H12Br2O/c1-3-6(2)8-4-7(11)5-9(12)10(8)13/h4-6,13H,3H2,1-2H3. The zero-order chi connectivity index (χ0) is 10.0. The predicted molar refractivity (Wildman–Crippen MR) is 62.2 cm³/mol. The summed E-state index contributed by atoms with van der Waals surface area (Å²) in [5, 5.41) is 9.76. The molecule has 1 atom stereocenters. The second kappa shape index (κ2) is 4.47. The monoisotopic (exact) mass is 306 g/mol. The molecule has 0 saturated carbocycles. The van der Waals surface area contributed by atoms with Crippen LogP contribution in [0.25, 0.3) is 0 Å². The van der Waals surface area contributed by atoms with E-state index in [-0.39, 0.29) is 0 Å². The largest absolute Gasteiger partial charge is 0.506 e. The molecule has 0 heterocycles. The number of benzene rings is 1. The van der Waals surface area contributed by atoms with Gasteiger partial charge in [-0.15, -0.1) is 0 Å². The number of hydrogen-bond acceptors (Lipinski definition) is 1. The van der Waals surface area contributed by atoms with Crippen molar-refractivity contribution in [3.05, 3.63) is 26.6 Å². The first kappa shape index (κ1) is 11.1. The highest BCUT2D eigenvalue weighted by Gasteiger charge is 2.12. The number of phenols is 1. The summed E-state index contributed by atoms with van der Waals surface area (Å²) in [6, 6.07) is 3.81. The lowest BCUT2D eigenvalue weighted by molar-refractivity contribution is 0.458. The highest BCUT2D eigenvalue weighted by Crippen LogP contribution is 2.36. The van der Waals surface area contributed by atoms with Crippen LogP contribution in [0.15, 0.2) is 21.1 Å². The van der Waals surface area contributed by atoms with E-state index in [0.29, 0.717) is 11.7 Å². The van der Waals surface area contributed by atoms with Crippen LogP contribution in [0.2, 0.25) is 0 Å². The van der Waals surface area contributed by atoms with Gasteiger partial charge in [0.2, 0.25) is 0 Å². The van der Waals surface area contributed by atoms with Gasteiger partial charge in [-0.1, -0.05) is 29.8 Å². The van der Waals surface area contributed by atoms with Gasteiger partial charge in [-0.2, -0.15) is 0 Å². The fourth-order valence-corrected chi connectivity index (χ4v) is 2.44. The molecule has 0 aliphatic heterocycles. The minimum absolute atomic E-state index is 0.359. The molecule has 1 N–H and O–H groups in total. The Morgan fingerprint density at radius 3 is 2.54 bits per heavy atom. The Morgan fingerprint density at radius 2 is 2.00 bits per heavy atom. The van der Waals surface area contributed by atoms with Crippen LogP contribution in [0.3, 0.4) is 0 Å². The van der Waals surface area contributed by atoms with Crippen LogP contribution in [0.4, 0.5) is 0 Å². The van der Waals surface area contributed by atoms with Crippen LogP contribution < -0.4 is 0 Å². The molecule has 1 rings (SSSR count). The van der Waals surface area contributed by atoms with Crippen LogP contribution in [-0.2, 0) is 0 Å². The van der Waals surface area contributed by atoms with Crippen molar-refractivity contribution in [3.63, 3.8) is 0 Å². The molecule has 1 unspecified atom stereocenters. The van der Waals surface area contributed by atoms with Gasteiger partial charge in [0.05, 0.1) is 4.47 Å². The molecule has 0 spiro atoms. The highest BCUT2D eigenvalue weighted by molar-refractivity contribution is 9.11. The minimum atomic E-state index is 0.359. The summed E-state index contributed by atoms with van der Waals surface area (Å²) in [5.74, 6) is 0.742. The number of hydrogen-bond donors (Lipinski definition) is 1. The minimum Gasteiger partial charge on any atom is -0.506 e. The summed E-state index contributed by atoms with van der Waals surface area (Å²) in [5.41, 5.74) is 0.990. The fourth-order valence-electron chi connectivity index (χ4n) is 1.18. The number of rotatable bonds is 2. The van der Waals surface area contributed by atoms with Gasteiger partial charge in [-0.3, -0.25) is 0 Å². The molecule has 1 aromatic carbocycles. The maximum atomic E-state index is 9.76. The Balaban J connectivity index is 3.20. The molecule has 0 amide bonds. The van der Waals surface area contributed by atoms with Gasteiger partial charge in [0.1, 0.15) is 5.75 Å². The van der Waals surface area contributed by atoms with E-state index < -0.39 is 0 Å². The van der Waals surface area contributed by atoms with Crippen LogP contribution in [0.1, 0.15) is 31.7 Å². The van der Waals surface area contributed by atoms with Gasteiger partial charge in [-0.05, 0) is 46.0 Å². The van der Waals surface area contributed by atoms with Crippen molar-refractivity contribution in [2.45, 2.75) is 26.2 Å². The van der Waals surface area contributed by atoms with E-state index >= 15 is 0 Å². The van der Waals surface area contributed by atoms with Gasteiger partial charge in [0.15, 0.2) is 0 Å². The van der Waals surface area contributed by atoms with Gasteiger partial charge in [-0.25, -0.2) is 0 Å². The van der Waals surface area contributed by atoms with E-state index in [0.717, 1.165) is 20.9 Å². The third-order valence-electron chi connectivity index (χ3n) is 2.20. The Bertz CT molecular complexity index is 310. The molecule has 0 bridgehead atoms. The molecule has 1 nitrogen and oxygen atoms in total. The van der Waals surface area contributed by atoms with E-state index in [1.54, 1.807) is 0 Å². The van der Waals surface area contributed by atoms with Gasteiger partial charge >= 0.3 is 0 Å². The van der Waals surface area contributed by atoms with Crippen molar-refractivity contribution >= 4 is 31.9 Å². The summed E-state index contributed by atoms with van der Waals surface area (Å²) >= 11 is 6.72. The molecule has 0 fully saturated rings. The summed E-state index contributed by atoms with van der Waals surface area (Å²) in [6.07, 6.45) is 1.02. The van der Waals surface area contributed by atoms with Crippen LogP contribution >= 0.6 is 31.9 Å². The Kier molecular flexibility index (Phi) is 3.80. The zero-order valence-electron chi connectivity index (χ0n) is 7.64. The first-order valence-corrected chi connectivity index (χ1v) is 5.82. The van der Waals surface area contributed by atoms with E-state index in [2.05, 4.69) is 45.7 Å². The second-order valence-electron chi connectivity index (χ2n) is 3.13. The molecule has 1 aromatic rings. The zero-order valence-corrected chi connectivity index (χ0v) is 10.8.